The van der Waals surface area contributed by atoms with Crippen LogP contribution in [0.4, 0.5) is 0 Å². The van der Waals surface area contributed by atoms with Crippen LogP contribution in [0.2, 0.25) is 0 Å². The number of amides is 1. The number of benzene rings is 3. The van der Waals surface area contributed by atoms with Crippen LogP contribution < -0.4 is 10.5 Å². The lowest BCUT2D eigenvalue weighted by Crippen LogP contribution is -2.32. The van der Waals surface area contributed by atoms with E-state index in [2.05, 4.69) is 52.7 Å². The molecule has 4 rings (SSSR count). The maximum atomic E-state index is 12.4. The van der Waals surface area contributed by atoms with Gasteiger partial charge in [0.1, 0.15) is 0 Å². The van der Waals surface area contributed by atoms with Crippen LogP contribution in [0.1, 0.15) is 30.4 Å². The van der Waals surface area contributed by atoms with Gasteiger partial charge in [-0.15, -0.1) is 0 Å². The summed E-state index contributed by atoms with van der Waals surface area (Å²) in [5, 5.41) is 10.5. The summed E-state index contributed by atoms with van der Waals surface area (Å²) in [5.74, 6) is -0.0147. The third kappa shape index (κ3) is 5.70. The molecule has 31 heavy (non-hydrogen) atoms. The minimum Gasteiger partial charge on any atom is -0.352 e. The summed E-state index contributed by atoms with van der Waals surface area (Å²) in [4.78, 5) is 14.9. The van der Waals surface area contributed by atoms with Crippen molar-refractivity contribution in [3.63, 3.8) is 0 Å². The number of fused-ring (bicyclic) bond motifs is 1. The van der Waals surface area contributed by atoms with Crippen LogP contribution >= 0.6 is 0 Å². The largest absolute Gasteiger partial charge is 0.352 e. The number of nitrogens with one attached hydrogen (secondary N) is 1. The summed E-state index contributed by atoms with van der Waals surface area (Å²) in [6.07, 6.45) is 2.79. The number of carbonyl (C=O) groups is 1. The highest BCUT2D eigenvalue weighted by Crippen LogP contribution is 2.30. The molecule has 1 aliphatic rings. The SMILES string of the molecule is NS(=O)(=O)c1ccc(CNC(=O)CCN(Cc2cccc3ccccc23)C2CC2)cc1. The Labute approximate surface area is 183 Å². The molecule has 0 saturated heterocycles. The molecule has 0 aliphatic heterocycles. The van der Waals surface area contributed by atoms with Crippen molar-refractivity contribution in [1.29, 1.82) is 0 Å². The number of primary sulfonamides is 1. The molecule has 7 heteroatoms. The molecule has 0 heterocycles. The molecular weight excluding hydrogens is 410 g/mol. The summed E-state index contributed by atoms with van der Waals surface area (Å²) < 4.78 is 22.7. The summed E-state index contributed by atoms with van der Waals surface area (Å²) >= 11 is 0. The van der Waals surface area contributed by atoms with Gasteiger partial charge in [-0.05, 0) is 46.9 Å². The molecule has 3 aromatic carbocycles. The minimum absolute atomic E-state index is 0.0147. The zero-order valence-electron chi connectivity index (χ0n) is 17.3. The van der Waals surface area contributed by atoms with Gasteiger partial charge in [-0.1, -0.05) is 54.6 Å². The topological polar surface area (TPSA) is 92.5 Å². The summed E-state index contributed by atoms with van der Waals surface area (Å²) in [7, 11) is -3.70. The smallest absolute Gasteiger partial charge is 0.238 e. The molecule has 0 atom stereocenters. The van der Waals surface area contributed by atoms with Crippen molar-refractivity contribution in [2.45, 2.75) is 43.3 Å². The average Bonchev–Trinajstić information content (AvgIpc) is 3.60. The van der Waals surface area contributed by atoms with E-state index in [0.29, 0.717) is 25.6 Å². The van der Waals surface area contributed by atoms with E-state index < -0.39 is 10.0 Å². The zero-order chi connectivity index (χ0) is 21.8. The maximum absolute atomic E-state index is 12.4. The van der Waals surface area contributed by atoms with Crippen LogP contribution in [-0.2, 0) is 27.9 Å². The van der Waals surface area contributed by atoms with Crippen LogP contribution in [0.5, 0.6) is 0 Å². The zero-order valence-corrected chi connectivity index (χ0v) is 18.1. The van der Waals surface area contributed by atoms with Crippen LogP contribution in [-0.4, -0.2) is 31.8 Å². The van der Waals surface area contributed by atoms with Gasteiger partial charge in [0, 0.05) is 32.1 Å². The molecular formula is C24H27N3O3S. The first kappa shape index (κ1) is 21.5. The molecule has 3 aromatic rings. The number of sulfonamides is 1. The van der Waals surface area contributed by atoms with Crippen LogP contribution in [0.3, 0.4) is 0 Å². The standard InChI is InChI=1S/C24H27N3O3S/c25-31(29,30)22-12-8-18(9-13-22)16-26-24(28)14-15-27(21-10-11-21)17-20-6-3-5-19-4-1-2-7-23(19)20/h1-9,12-13,21H,10-11,14-17H2,(H,26,28)(H2,25,29,30). The van der Waals surface area contributed by atoms with Gasteiger partial charge < -0.3 is 5.32 Å². The molecule has 1 saturated carbocycles. The third-order valence-corrected chi connectivity index (χ3v) is 6.61. The lowest BCUT2D eigenvalue weighted by molar-refractivity contribution is -0.121. The average molecular weight is 438 g/mol. The van der Waals surface area contributed by atoms with Gasteiger partial charge >= 0.3 is 0 Å². The van der Waals surface area contributed by atoms with Gasteiger partial charge in [0.25, 0.3) is 0 Å². The lowest BCUT2D eigenvalue weighted by Gasteiger charge is -2.22. The van der Waals surface area contributed by atoms with E-state index in [1.165, 1.54) is 41.3 Å². The Morgan fingerprint density at radius 2 is 1.71 bits per heavy atom. The molecule has 0 spiro atoms. The highest BCUT2D eigenvalue weighted by atomic mass is 32.2. The van der Waals surface area contributed by atoms with Gasteiger partial charge in [-0.2, -0.15) is 0 Å². The van der Waals surface area contributed by atoms with Gasteiger partial charge in [0.05, 0.1) is 4.90 Å². The van der Waals surface area contributed by atoms with Gasteiger partial charge in [-0.3, -0.25) is 9.69 Å². The molecule has 1 aliphatic carbocycles. The first-order chi connectivity index (χ1) is 14.9. The highest BCUT2D eigenvalue weighted by molar-refractivity contribution is 7.89. The second kappa shape index (κ2) is 9.18. The number of nitrogens with two attached hydrogens (primary N) is 1. The summed E-state index contributed by atoms with van der Waals surface area (Å²) in [5.41, 5.74) is 2.12. The molecule has 0 unspecified atom stereocenters. The molecule has 0 radical (unpaired) electrons. The van der Waals surface area contributed by atoms with Crippen molar-refractivity contribution >= 4 is 26.7 Å². The second-order valence-electron chi connectivity index (χ2n) is 8.06. The number of hydrogen-bond donors (Lipinski definition) is 2. The minimum atomic E-state index is -3.70. The molecule has 0 aromatic heterocycles. The summed E-state index contributed by atoms with van der Waals surface area (Å²) in [6.45, 7) is 1.91. The number of nitrogens with zero attached hydrogens (tertiary/aromatic N) is 1. The molecule has 1 fully saturated rings. The van der Waals surface area contributed by atoms with E-state index in [4.69, 9.17) is 5.14 Å². The van der Waals surface area contributed by atoms with E-state index in [9.17, 15) is 13.2 Å². The predicted octanol–water partition coefficient (Wildman–Crippen LogP) is 3.16. The van der Waals surface area contributed by atoms with E-state index in [0.717, 1.165) is 12.1 Å². The van der Waals surface area contributed by atoms with Crippen molar-refractivity contribution in [2.75, 3.05) is 6.54 Å². The Hall–Kier alpha value is -2.74. The van der Waals surface area contributed by atoms with E-state index in [-0.39, 0.29) is 10.8 Å². The van der Waals surface area contributed by atoms with Gasteiger partial charge in [0.2, 0.25) is 15.9 Å². The maximum Gasteiger partial charge on any atom is 0.238 e. The number of carbonyl (C=O) groups excluding carboxylic acids is 1. The normalized spacial score (nSPS) is 14.1. The molecule has 3 N–H and O–H groups in total. The van der Waals surface area contributed by atoms with Crippen molar-refractivity contribution in [3.05, 3.63) is 77.9 Å². The van der Waals surface area contributed by atoms with Crippen LogP contribution in [0, 0.1) is 0 Å². The highest BCUT2D eigenvalue weighted by Gasteiger charge is 2.29. The lowest BCUT2D eigenvalue weighted by atomic mass is 10.0. The molecule has 162 valence electrons. The summed E-state index contributed by atoms with van der Waals surface area (Å²) in [6, 6.07) is 21.6. The van der Waals surface area contributed by atoms with Gasteiger partial charge in [-0.25, -0.2) is 13.6 Å². The third-order valence-electron chi connectivity index (χ3n) is 5.68. The molecule has 0 bridgehead atoms. The first-order valence-electron chi connectivity index (χ1n) is 10.5. The first-order valence-corrected chi connectivity index (χ1v) is 12.0. The fourth-order valence-corrected chi connectivity index (χ4v) is 4.33. The van der Waals surface area contributed by atoms with E-state index in [1.807, 2.05) is 0 Å². The molecule has 6 nitrogen and oxygen atoms in total. The number of rotatable bonds is 9. The Morgan fingerprint density at radius 3 is 2.42 bits per heavy atom. The Morgan fingerprint density at radius 1 is 1.00 bits per heavy atom. The molecule has 1 amide bonds. The fourth-order valence-electron chi connectivity index (χ4n) is 3.81. The van der Waals surface area contributed by atoms with Crippen molar-refractivity contribution < 1.29 is 13.2 Å². The predicted molar refractivity (Wildman–Crippen MR) is 122 cm³/mol. The van der Waals surface area contributed by atoms with E-state index in [1.54, 1.807) is 12.1 Å². The van der Waals surface area contributed by atoms with Crippen LogP contribution in [0.25, 0.3) is 10.8 Å². The van der Waals surface area contributed by atoms with Crippen molar-refractivity contribution in [1.82, 2.24) is 10.2 Å². The van der Waals surface area contributed by atoms with Gasteiger partial charge in [0.15, 0.2) is 0 Å². The quantitative estimate of drug-likeness (QED) is 0.538. The number of hydrogen-bond acceptors (Lipinski definition) is 4. The van der Waals surface area contributed by atoms with Crippen LogP contribution in [0.15, 0.2) is 71.6 Å². The second-order valence-corrected chi connectivity index (χ2v) is 9.62. The fraction of sp³-hybridized carbons (Fsp3) is 0.292. The van der Waals surface area contributed by atoms with Crippen molar-refractivity contribution in [3.8, 4) is 0 Å². The monoisotopic (exact) mass is 437 g/mol. The Bertz CT molecular complexity index is 1170. The van der Waals surface area contributed by atoms with E-state index >= 15 is 0 Å². The Kier molecular flexibility index (Phi) is 6.36. The van der Waals surface area contributed by atoms with Crippen molar-refractivity contribution in [2.24, 2.45) is 5.14 Å². The Balaban J connectivity index is 1.32.